The van der Waals surface area contributed by atoms with Crippen molar-refractivity contribution in [1.82, 2.24) is 4.98 Å². The molecule has 112 valence electrons. The third-order valence-electron chi connectivity index (χ3n) is 3.17. The molecule has 0 aliphatic heterocycles. The number of carbonyl (C=O) groups excluding carboxylic acids is 1. The second-order valence-corrected chi connectivity index (χ2v) is 6.23. The summed E-state index contributed by atoms with van der Waals surface area (Å²) in [7, 11) is 0. The summed E-state index contributed by atoms with van der Waals surface area (Å²) in [6.07, 6.45) is 0. The fraction of sp³-hybridized carbons (Fsp3) is 0.0667. The molecule has 0 saturated heterocycles. The number of amides is 1. The lowest BCUT2D eigenvalue weighted by Gasteiger charge is -2.07. The van der Waals surface area contributed by atoms with Crippen LogP contribution in [-0.4, -0.2) is 10.9 Å². The molecule has 3 aromatic rings. The number of halogens is 1. The van der Waals surface area contributed by atoms with E-state index in [2.05, 4.69) is 15.7 Å². The molecule has 0 saturated carbocycles. The molecule has 5 nitrogen and oxygen atoms in total. The number of hydrazine groups is 1. The first-order valence-corrected chi connectivity index (χ1v) is 7.71. The molecule has 22 heavy (non-hydrogen) atoms. The Balaban J connectivity index is 1.90. The first-order valence-electron chi connectivity index (χ1n) is 6.51. The zero-order chi connectivity index (χ0) is 15.7. The molecule has 4 N–H and O–H groups in total. The van der Waals surface area contributed by atoms with Crippen LogP contribution in [0.4, 0.5) is 10.8 Å². The van der Waals surface area contributed by atoms with Gasteiger partial charge in [0.1, 0.15) is 0 Å². The molecular weight excluding hydrogens is 320 g/mol. The van der Waals surface area contributed by atoms with Gasteiger partial charge in [-0.15, -0.1) is 0 Å². The van der Waals surface area contributed by atoms with Crippen LogP contribution in [-0.2, 0) is 0 Å². The number of aryl methyl sites for hydroxylation is 1. The molecular formula is C15H13ClN4OS. The van der Waals surface area contributed by atoms with E-state index >= 15 is 0 Å². The van der Waals surface area contributed by atoms with Crippen LogP contribution in [0.2, 0.25) is 5.02 Å². The smallest absolute Gasteiger partial charge is 0.255 e. The van der Waals surface area contributed by atoms with Gasteiger partial charge in [0.15, 0.2) is 5.13 Å². The molecule has 7 heteroatoms. The summed E-state index contributed by atoms with van der Waals surface area (Å²) in [5.74, 6) is 5.20. The quantitative estimate of drug-likeness (QED) is 0.503. The van der Waals surface area contributed by atoms with Gasteiger partial charge >= 0.3 is 0 Å². The number of rotatable bonds is 3. The molecule has 1 heterocycles. The van der Waals surface area contributed by atoms with Crippen LogP contribution < -0.4 is 16.6 Å². The van der Waals surface area contributed by atoms with Crippen LogP contribution in [0, 0.1) is 6.92 Å². The summed E-state index contributed by atoms with van der Waals surface area (Å²) in [4.78, 5) is 16.6. The Morgan fingerprint density at radius 2 is 2.00 bits per heavy atom. The molecule has 0 radical (unpaired) electrons. The number of nitrogens with one attached hydrogen (secondary N) is 2. The fourth-order valence-electron chi connectivity index (χ4n) is 2.14. The third-order valence-corrected chi connectivity index (χ3v) is 4.36. The second-order valence-electron chi connectivity index (χ2n) is 4.76. The van der Waals surface area contributed by atoms with E-state index in [1.807, 2.05) is 19.1 Å². The summed E-state index contributed by atoms with van der Waals surface area (Å²) < 4.78 is 0.958. The summed E-state index contributed by atoms with van der Waals surface area (Å²) in [6.45, 7) is 1.94. The van der Waals surface area contributed by atoms with Gasteiger partial charge in [-0.3, -0.25) is 10.2 Å². The van der Waals surface area contributed by atoms with Crippen molar-refractivity contribution in [2.24, 2.45) is 5.84 Å². The number of hydrogen-bond acceptors (Lipinski definition) is 5. The number of nitrogen functional groups attached to an aromatic ring is 1. The Hall–Kier alpha value is -2.15. The van der Waals surface area contributed by atoms with Crippen molar-refractivity contribution in [3.63, 3.8) is 0 Å². The van der Waals surface area contributed by atoms with Crippen molar-refractivity contribution in [3.05, 3.63) is 52.5 Å². The maximum absolute atomic E-state index is 12.2. The van der Waals surface area contributed by atoms with E-state index in [1.54, 1.807) is 24.3 Å². The van der Waals surface area contributed by atoms with E-state index in [4.69, 9.17) is 17.4 Å². The van der Waals surface area contributed by atoms with Gasteiger partial charge in [-0.25, -0.2) is 10.8 Å². The zero-order valence-electron chi connectivity index (χ0n) is 11.7. The molecule has 0 bridgehead atoms. The first kappa shape index (κ1) is 14.8. The molecule has 2 aromatic carbocycles. The minimum atomic E-state index is -0.183. The van der Waals surface area contributed by atoms with Gasteiger partial charge in [0.25, 0.3) is 5.91 Å². The van der Waals surface area contributed by atoms with E-state index in [1.165, 1.54) is 11.3 Å². The third kappa shape index (κ3) is 2.89. The number of nitrogens with zero attached hydrogens (tertiary/aromatic N) is 1. The molecule has 0 aliphatic rings. The molecule has 1 aromatic heterocycles. The zero-order valence-corrected chi connectivity index (χ0v) is 13.3. The Labute approximate surface area is 136 Å². The first-order chi connectivity index (χ1) is 10.6. The SMILES string of the molecule is Cc1cc(NC(=O)c2ccc(Cl)cc2)cc2sc(NN)nc12. The Morgan fingerprint density at radius 1 is 1.27 bits per heavy atom. The van der Waals surface area contributed by atoms with E-state index in [0.29, 0.717) is 15.7 Å². The van der Waals surface area contributed by atoms with Crippen molar-refractivity contribution in [2.45, 2.75) is 6.92 Å². The summed E-state index contributed by atoms with van der Waals surface area (Å²) in [6, 6.07) is 10.5. The van der Waals surface area contributed by atoms with Gasteiger partial charge in [-0.2, -0.15) is 0 Å². The van der Waals surface area contributed by atoms with E-state index < -0.39 is 0 Å². The number of benzene rings is 2. The van der Waals surface area contributed by atoms with Crippen molar-refractivity contribution in [1.29, 1.82) is 0 Å². The fourth-order valence-corrected chi connectivity index (χ4v) is 3.15. The van der Waals surface area contributed by atoms with Crippen LogP contribution >= 0.6 is 22.9 Å². The second kappa shape index (κ2) is 5.92. The monoisotopic (exact) mass is 332 g/mol. The van der Waals surface area contributed by atoms with Crippen molar-refractivity contribution < 1.29 is 4.79 Å². The van der Waals surface area contributed by atoms with E-state index in [-0.39, 0.29) is 5.91 Å². The Kier molecular flexibility index (Phi) is 3.98. The van der Waals surface area contributed by atoms with Crippen LogP contribution in [0.5, 0.6) is 0 Å². The lowest BCUT2D eigenvalue weighted by Crippen LogP contribution is -2.11. The number of fused-ring (bicyclic) bond motifs is 1. The molecule has 0 aliphatic carbocycles. The Bertz CT molecular complexity index is 845. The van der Waals surface area contributed by atoms with E-state index in [9.17, 15) is 4.79 Å². The summed E-state index contributed by atoms with van der Waals surface area (Å²) in [5, 5.41) is 4.12. The lowest BCUT2D eigenvalue weighted by molar-refractivity contribution is 0.102. The van der Waals surface area contributed by atoms with Gasteiger partial charge in [0.05, 0.1) is 10.2 Å². The Morgan fingerprint density at radius 3 is 2.68 bits per heavy atom. The van der Waals surface area contributed by atoms with Crippen LogP contribution in [0.1, 0.15) is 15.9 Å². The molecule has 3 rings (SSSR count). The average molecular weight is 333 g/mol. The number of hydrogen-bond donors (Lipinski definition) is 3. The van der Waals surface area contributed by atoms with Crippen molar-refractivity contribution >= 4 is 49.9 Å². The highest BCUT2D eigenvalue weighted by Gasteiger charge is 2.10. The maximum Gasteiger partial charge on any atom is 0.255 e. The van der Waals surface area contributed by atoms with Crippen molar-refractivity contribution in [3.8, 4) is 0 Å². The van der Waals surface area contributed by atoms with Gasteiger partial charge < -0.3 is 5.32 Å². The average Bonchev–Trinajstić information content (AvgIpc) is 2.91. The largest absolute Gasteiger partial charge is 0.322 e. The molecule has 0 unspecified atom stereocenters. The lowest BCUT2D eigenvalue weighted by atomic mass is 10.1. The van der Waals surface area contributed by atoms with E-state index in [0.717, 1.165) is 21.5 Å². The minimum Gasteiger partial charge on any atom is -0.322 e. The van der Waals surface area contributed by atoms with Gasteiger partial charge in [0, 0.05) is 16.3 Å². The molecule has 1 amide bonds. The molecule has 0 atom stereocenters. The topological polar surface area (TPSA) is 80.0 Å². The number of carbonyl (C=O) groups is 1. The highest BCUT2D eigenvalue weighted by atomic mass is 35.5. The van der Waals surface area contributed by atoms with Gasteiger partial charge in [-0.1, -0.05) is 22.9 Å². The maximum atomic E-state index is 12.2. The molecule has 0 fully saturated rings. The number of nitrogens with two attached hydrogens (primary N) is 1. The normalized spacial score (nSPS) is 10.7. The standard InChI is InChI=1S/C15H13ClN4OS/c1-8-6-11(7-12-13(8)19-15(20-17)22-12)18-14(21)9-2-4-10(16)5-3-9/h2-7H,17H2,1H3,(H,18,21)(H,19,20). The number of thiazole rings is 1. The summed E-state index contributed by atoms with van der Waals surface area (Å²) in [5.41, 5.74) is 5.66. The predicted octanol–water partition coefficient (Wildman–Crippen LogP) is 3.80. The summed E-state index contributed by atoms with van der Waals surface area (Å²) >= 11 is 7.26. The molecule has 0 spiro atoms. The van der Waals surface area contributed by atoms with Crippen LogP contribution in [0.25, 0.3) is 10.2 Å². The highest BCUT2D eigenvalue weighted by Crippen LogP contribution is 2.30. The predicted molar refractivity (Wildman–Crippen MR) is 91.6 cm³/mol. The highest BCUT2D eigenvalue weighted by molar-refractivity contribution is 7.22. The van der Waals surface area contributed by atoms with Crippen molar-refractivity contribution in [2.75, 3.05) is 10.7 Å². The van der Waals surface area contributed by atoms with Gasteiger partial charge in [0.2, 0.25) is 0 Å². The minimum absolute atomic E-state index is 0.183. The van der Waals surface area contributed by atoms with Crippen LogP contribution in [0.3, 0.4) is 0 Å². The number of aromatic nitrogens is 1. The number of anilines is 2. The van der Waals surface area contributed by atoms with Crippen LogP contribution in [0.15, 0.2) is 36.4 Å². The van der Waals surface area contributed by atoms with Gasteiger partial charge in [-0.05, 0) is 48.9 Å².